The van der Waals surface area contributed by atoms with Gasteiger partial charge in [-0.3, -0.25) is 0 Å². The number of hydrogen-bond acceptors (Lipinski definition) is 4. The van der Waals surface area contributed by atoms with Crippen molar-refractivity contribution in [1.29, 1.82) is 0 Å². The lowest BCUT2D eigenvalue weighted by Gasteiger charge is -2.09. The highest BCUT2D eigenvalue weighted by Gasteiger charge is 2.03. The topological polar surface area (TPSA) is 40.6 Å². The Bertz CT molecular complexity index is 811. The lowest BCUT2D eigenvalue weighted by molar-refractivity contribution is 0.0325. The largest absolute Gasteiger partial charge is 0.491 e. The highest BCUT2D eigenvalue weighted by molar-refractivity contribution is 5.82. The fourth-order valence-electron chi connectivity index (χ4n) is 2.56. The average molecular weight is 355 g/mol. The molecule has 26 heavy (non-hydrogen) atoms. The number of benzene rings is 2. The molecule has 136 valence electrons. The van der Waals surface area contributed by atoms with Crippen LogP contribution < -0.4 is 4.74 Å². The third-order valence-electron chi connectivity index (χ3n) is 3.82. The first-order chi connectivity index (χ1) is 12.9. The number of rotatable bonds is 10. The zero-order valence-electron chi connectivity index (χ0n) is 14.6. The second kappa shape index (κ2) is 9.85. The van der Waals surface area contributed by atoms with Gasteiger partial charge in [0.25, 0.3) is 0 Å². The minimum absolute atomic E-state index is 0.122. The van der Waals surface area contributed by atoms with Gasteiger partial charge in [0, 0.05) is 10.9 Å². The zero-order chi connectivity index (χ0) is 18.0. The van der Waals surface area contributed by atoms with Crippen molar-refractivity contribution in [1.82, 2.24) is 4.98 Å². The maximum atomic E-state index is 11.8. The first-order valence-corrected chi connectivity index (χ1v) is 8.67. The molecule has 0 saturated carbocycles. The van der Waals surface area contributed by atoms with Gasteiger partial charge in [-0.2, -0.15) is 0 Å². The third kappa shape index (κ3) is 5.25. The Hall–Kier alpha value is -2.50. The Morgan fingerprint density at radius 3 is 2.35 bits per heavy atom. The highest BCUT2D eigenvalue weighted by Crippen LogP contribution is 2.24. The number of alkyl halides is 1. The number of hydrogen-bond donors (Lipinski definition) is 0. The molecule has 0 aliphatic rings. The van der Waals surface area contributed by atoms with Gasteiger partial charge in [0.2, 0.25) is 0 Å². The SMILES string of the molecule is FCCOCCOCCOc1ccc2nc(-c3ccccc3)ccc2c1. The van der Waals surface area contributed by atoms with Gasteiger partial charge < -0.3 is 14.2 Å². The van der Waals surface area contributed by atoms with Crippen LogP contribution in [0.15, 0.2) is 60.7 Å². The van der Waals surface area contributed by atoms with Crippen molar-refractivity contribution in [2.45, 2.75) is 0 Å². The average Bonchev–Trinajstić information content (AvgIpc) is 2.70. The summed E-state index contributed by atoms with van der Waals surface area (Å²) < 4.78 is 27.9. The van der Waals surface area contributed by atoms with Gasteiger partial charge in [-0.15, -0.1) is 0 Å². The molecule has 3 rings (SSSR count). The summed E-state index contributed by atoms with van der Waals surface area (Å²) in [5.41, 5.74) is 2.98. The lowest BCUT2D eigenvalue weighted by Crippen LogP contribution is -2.11. The number of pyridine rings is 1. The van der Waals surface area contributed by atoms with Crippen LogP contribution in [-0.4, -0.2) is 44.7 Å². The summed E-state index contributed by atoms with van der Waals surface area (Å²) in [6.07, 6.45) is 0. The molecule has 5 heteroatoms. The van der Waals surface area contributed by atoms with E-state index in [-0.39, 0.29) is 6.61 Å². The Morgan fingerprint density at radius 2 is 1.54 bits per heavy atom. The monoisotopic (exact) mass is 355 g/mol. The van der Waals surface area contributed by atoms with Gasteiger partial charge in [-0.05, 0) is 24.3 Å². The van der Waals surface area contributed by atoms with Gasteiger partial charge >= 0.3 is 0 Å². The summed E-state index contributed by atoms with van der Waals surface area (Å²) in [5, 5.41) is 1.03. The first kappa shape index (κ1) is 18.3. The van der Waals surface area contributed by atoms with Crippen LogP contribution in [0.2, 0.25) is 0 Å². The molecule has 3 aromatic rings. The van der Waals surface area contributed by atoms with Crippen molar-refractivity contribution in [3.63, 3.8) is 0 Å². The smallest absolute Gasteiger partial charge is 0.120 e. The molecule has 4 nitrogen and oxygen atoms in total. The third-order valence-corrected chi connectivity index (χ3v) is 3.82. The molecule has 0 spiro atoms. The van der Waals surface area contributed by atoms with Crippen LogP contribution in [0.3, 0.4) is 0 Å². The summed E-state index contributed by atoms with van der Waals surface area (Å²) in [4.78, 5) is 4.71. The fraction of sp³-hybridized carbons (Fsp3) is 0.286. The van der Waals surface area contributed by atoms with E-state index >= 15 is 0 Å². The molecule has 1 aromatic heterocycles. The predicted octanol–water partition coefficient (Wildman–Crippen LogP) is 4.28. The van der Waals surface area contributed by atoms with Crippen LogP contribution in [0.25, 0.3) is 22.2 Å². The molecule has 0 aliphatic heterocycles. The summed E-state index contributed by atoms with van der Waals surface area (Å²) in [7, 11) is 0. The van der Waals surface area contributed by atoms with Crippen LogP contribution in [0, 0.1) is 0 Å². The molecule has 0 unspecified atom stereocenters. The highest BCUT2D eigenvalue weighted by atomic mass is 19.1. The van der Waals surface area contributed by atoms with Gasteiger partial charge in [0.1, 0.15) is 19.0 Å². The summed E-state index contributed by atoms with van der Waals surface area (Å²) in [6.45, 7) is 1.40. The van der Waals surface area contributed by atoms with E-state index in [1.165, 1.54) is 0 Å². The van der Waals surface area contributed by atoms with Crippen molar-refractivity contribution in [2.24, 2.45) is 0 Å². The number of halogens is 1. The Labute approximate surface area is 152 Å². The van der Waals surface area contributed by atoms with Crippen LogP contribution in [0.4, 0.5) is 4.39 Å². The van der Waals surface area contributed by atoms with Gasteiger partial charge in [-0.1, -0.05) is 36.4 Å². The molecular formula is C21H22FNO3. The van der Waals surface area contributed by atoms with E-state index in [1.54, 1.807) is 0 Å². The summed E-state index contributed by atoms with van der Waals surface area (Å²) >= 11 is 0. The van der Waals surface area contributed by atoms with Gasteiger partial charge in [0.05, 0.1) is 37.6 Å². The second-order valence-electron chi connectivity index (χ2n) is 5.68. The minimum atomic E-state index is -0.466. The van der Waals surface area contributed by atoms with Gasteiger partial charge in [0.15, 0.2) is 0 Å². The number of ether oxygens (including phenoxy) is 3. The van der Waals surface area contributed by atoms with Crippen LogP contribution in [0.1, 0.15) is 0 Å². The summed E-state index contributed by atoms with van der Waals surface area (Å²) in [6, 6.07) is 20.0. The molecule has 0 atom stereocenters. The predicted molar refractivity (Wildman–Crippen MR) is 100 cm³/mol. The van der Waals surface area contributed by atoms with E-state index in [0.717, 1.165) is 27.9 Å². The quantitative estimate of drug-likeness (QED) is 0.509. The van der Waals surface area contributed by atoms with Crippen molar-refractivity contribution in [3.8, 4) is 17.0 Å². The Balaban J connectivity index is 1.51. The number of aromatic nitrogens is 1. The van der Waals surface area contributed by atoms with Crippen LogP contribution >= 0.6 is 0 Å². The second-order valence-corrected chi connectivity index (χ2v) is 5.68. The lowest BCUT2D eigenvalue weighted by atomic mass is 10.1. The Kier molecular flexibility index (Phi) is 6.93. The van der Waals surface area contributed by atoms with E-state index < -0.39 is 6.67 Å². The molecule has 0 amide bonds. The van der Waals surface area contributed by atoms with E-state index in [4.69, 9.17) is 19.2 Å². The maximum absolute atomic E-state index is 11.8. The van der Waals surface area contributed by atoms with E-state index in [1.807, 2.05) is 54.6 Å². The standard InChI is InChI=1S/C21H22FNO3/c22-10-11-24-12-13-25-14-15-26-19-7-9-21-18(16-19)6-8-20(23-21)17-4-2-1-3-5-17/h1-9,16H,10-15H2. The maximum Gasteiger partial charge on any atom is 0.120 e. The van der Waals surface area contributed by atoms with E-state index in [9.17, 15) is 4.39 Å². The first-order valence-electron chi connectivity index (χ1n) is 8.67. The fourth-order valence-corrected chi connectivity index (χ4v) is 2.56. The molecule has 0 bridgehead atoms. The van der Waals surface area contributed by atoms with E-state index in [2.05, 4.69) is 6.07 Å². The van der Waals surface area contributed by atoms with Crippen LogP contribution in [0.5, 0.6) is 5.75 Å². The molecule has 0 fully saturated rings. The molecule has 0 aliphatic carbocycles. The van der Waals surface area contributed by atoms with Crippen molar-refractivity contribution in [3.05, 3.63) is 60.7 Å². The molecule has 0 N–H and O–H groups in total. The molecule has 2 aromatic carbocycles. The molecule has 1 heterocycles. The van der Waals surface area contributed by atoms with Crippen molar-refractivity contribution < 1.29 is 18.6 Å². The molecule has 0 saturated heterocycles. The minimum Gasteiger partial charge on any atom is -0.491 e. The molecule has 0 radical (unpaired) electrons. The number of fused-ring (bicyclic) bond motifs is 1. The van der Waals surface area contributed by atoms with Crippen molar-refractivity contribution in [2.75, 3.05) is 39.7 Å². The number of nitrogens with zero attached hydrogens (tertiary/aromatic N) is 1. The molecular weight excluding hydrogens is 333 g/mol. The zero-order valence-corrected chi connectivity index (χ0v) is 14.6. The van der Waals surface area contributed by atoms with Crippen LogP contribution in [-0.2, 0) is 9.47 Å². The summed E-state index contributed by atoms with van der Waals surface area (Å²) in [5.74, 6) is 0.782. The Morgan fingerprint density at radius 1 is 0.769 bits per heavy atom. The van der Waals surface area contributed by atoms with Crippen molar-refractivity contribution >= 4 is 10.9 Å². The normalized spacial score (nSPS) is 11.0. The van der Waals surface area contributed by atoms with E-state index in [0.29, 0.717) is 26.4 Å². The van der Waals surface area contributed by atoms with Gasteiger partial charge in [-0.25, -0.2) is 9.37 Å².